The van der Waals surface area contributed by atoms with Crippen molar-refractivity contribution in [1.82, 2.24) is 9.78 Å². The van der Waals surface area contributed by atoms with Gasteiger partial charge in [0.2, 0.25) is 0 Å². The molecular formula is C21H16Cl3F3N4O2. The third-order valence-electron chi connectivity index (χ3n) is 5.21. The first kappa shape index (κ1) is 23.5. The zero-order chi connectivity index (χ0) is 23.9. The maximum atomic E-state index is 13.9. The van der Waals surface area contributed by atoms with Crippen molar-refractivity contribution >= 4 is 52.2 Å². The van der Waals surface area contributed by atoms with E-state index in [9.17, 15) is 18.0 Å². The number of anilines is 2. The minimum atomic E-state index is -4.62. The molecule has 174 valence electrons. The second-order valence-corrected chi connectivity index (χ2v) is 8.49. The number of aromatic nitrogens is 2. The lowest BCUT2D eigenvalue weighted by Crippen LogP contribution is -2.35. The van der Waals surface area contributed by atoms with Crippen molar-refractivity contribution in [1.29, 1.82) is 0 Å². The second kappa shape index (κ2) is 8.96. The molecule has 1 aliphatic rings. The first-order chi connectivity index (χ1) is 15.6. The van der Waals surface area contributed by atoms with Crippen molar-refractivity contribution in [3.05, 3.63) is 68.8 Å². The van der Waals surface area contributed by atoms with Gasteiger partial charge in [0.05, 0.1) is 23.2 Å². The van der Waals surface area contributed by atoms with Crippen LogP contribution in [-0.4, -0.2) is 29.0 Å². The van der Waals surface area contributed by atoms with E-state index in [2.05, 4.69) is 15.7 Å². The molecule has 0 unspecified atom stereocenters. The monoisotopic (exact) mass is 518 g/mol. The molecule has 33 heavy (non-hydrogen) atoms. The number of carbonyl (C=O) groups excluding carboxylic acids is 1. The largest absolute Gasteiger partial charge is 0.497 e. The van der Waals surface area contributed by atoms with Crippen molar-refractivity contribution < 1.29 is 22.7 Å². The summed E-state index contributed by atoms with van der Waals surface area (Å²) in [5.41, 5.74) is 0.540. The Hall–Kier alpha value is -2.62. The molecule has 0 saturated heterocycles. The topological polar surface area (TPSA) is 68.2 Å². The van der Waals surface area contributed by atoms with Crippen molar-refractivity contribution in [3.8, 4) is 5.75 Å². The Morgan fingerprint density at radius 2 is 1.85 bits per heavy atom. The minimum absolute atomic E-state index is 0.0923. The first-order valence-electron chi connectivity index (χ1n) is 9.60. The fraction of sp³-hybridized carbons (Fsp3) is 0.238. The Morgan fingerprint density at radius 1 is 1.15 bits per heavy atom. The van der Waals surface area contributed by atoms with Crippen LogP contribution in [0.2, 0.25) is 15.1 Å². The molecule has 2 N–H and O–H groups in total. The lowest BCUT2D eigenvalue weighted by Gasteiger charge is -2.33. The van der Waals surface area contributed by atoms with Crippen LogP contribution >= 0.6 is 34.8 Å². The van der Waals surface area contributed by atoms with E-state index in [0.29, 0.717) is 16.0 Å². The van der Waals surface area contributed by atoms with Gasteiger partial charge in [-0.25, -0.2) is 4.68 Å². The van der Waals surface area contributed by atoms with Crippen LogP contribution in [-0.2, 0) is 0 Å². The van der Waals surface area contributed by atoms with Crippen molar-refractivity contribution in [2.24, 2.45) is 0 Å². The van der Waals surface area contributed by atoms with Crippen LogP contribution in [0.15, 0.2) is 42.5 Å². The Labute approximate surface area is 201 Å². The van der Waals surface area contributed by atoms with Gasteiger partial charge in [0.1, 0.15) is 16.6 Å². The van der Waals surface area contributed by atoms with Gasteiger partial charge in [-0.05, 0) is 35.9 Å². The number of nitrogens with zero attached hydrogens (tertiary/aromatic N) is 2. The van der Waals surface area contributed by atoms with E-state index in [0.717, 1.165) is 0 Å². The zero-order valence-corrected chi connectivity index (χ0v) is 19.1. The third kappa shape index (κ3) is 4.71. The summed E-state index contributed by atoms with van der Waals surface area (Å²) < 4.78 is 47.6. The number of methoxy groups -OCH3 is 1. The molecule has 1 aromatic heterocycles. The second-order valence-electron chi connectivity index (χ2n) is 7.30. The summed E-state index contributed by atoms with van der Waals surface area (Å²) in [6, 6.07) is 8.32. The lowest BCUT2D eigenvalue weighted by atomic mass is 9.97. The number of hydrogen-bond acceptors (Lipinski definition) is 4. The van der Waals surface area contributed by atoms with Crippen LogP contribution in [0.1, 0.15) is 34.6 Å². The van der Waals surface area contributed by atoms with Crippen molar-refractivity contribution in [2.75, 3.05) is 17.7 Å². The van der Waals surface area contributed by atoms with Crippen LogP contribution in [0.25, 0.3) is 0 Å². The summed E-state index contributed by atoms with van der Waals surface area (Å²) in [6.07, 6.45) is -4.96. The Kier molecular flexibility index (Phi) is 6.39. The number of carbonyl (C=O) groups is 1. The number of rotatable bonds is 4. The molecule has 0 radical (unpaired) electrons. The van der Waals surface area contributed by atoms with Gasteiger partial charge in [-0.1, -0.05) is 46.9 Å². The number of alkyl halides is 3. The van der Waals surface area contributed by atoms with Crippen molar-refractivity contribution in [2.45, 2.75) is 24.7 Å². The predicted octanol–water partition coefficient (Wildman–Crippen LogP) is 6.76. The first-order valence-corrected chi connectivity index (χ1v) is 10.7. The molecule has 0 fully saturated rings. The standard InChI is InChI=1S/C21H16Cl3F3N4O2/c1-33-12-5-2-10(3-6-12)15-9-16(21(25,26)27)31-19(29-15)17(24)18(30-31)20(32)28-11-4-7-13(22)14(23)8-11/h2-8,15-16,29H,9H2,1H3,(H,28,32)/t15-,16+/m1/s1. The summed E-state index contributed by atoms with van der Waals surface area (Å²) in [6.45, 7) is 0. The molecule has 12 heteroatoms. The molecule has 1 aliphatic heterocycles. The summed E-state index contributed by atoms with van der Waals surface area (Å²) >= 11 is 18.1. The zero-order valence-electron chi connectivity index (χ0n) is 16.9. The number of hydrogen-bond donors (Lipinski definition) is 2. The predicted molar refractivity (Wildman–Crippen MR) is 121 cm³/mol. The maximum absolute atomic E-state index is 13.9. The van der Waals surface area contributed by atoms with Gasteiger partial charge in [-0.15, -0.1) is 0 Å². The fourth-order valence-electron chi connectivity index (χ4n) is 3.55. The van der Waals surface area contributed by atoms with Crippen LogP contribution in [0.5, 0.6) is 5.75 Å². The van der Waals surface area contributed by atoms with E-state index in [-0.39, 0.29) is 38.7 Å². The molecule has 2 aromatic carbocycles. The molecule has 3 aromatic rings. The summed E-state index contributed by atoms with van der Waals surface area (Å²) in [5, 5.41) is 9.67. The van der Waals surface area contributed by atoms with Crippen LogP contribution in [0.4, 0.5) is 24.7 Å². The quantitative estimate of drug-likeness (QED) is 0.399. The molecule has 0 saturated carbocycles. The van der Waals surface area contributed by atoms with Crippen LogP contribution in [0, 0.1) is 0 Å². The molecule has 2 atom stereocenters. The SMILES string of the molecule is COc1ccc([C@H]2C[C@@H](C(F)(F)F)n3nc(C(=O)Nc4ccc(Cl)c(Cl)c4)c(Cl)c3N2)cc1. The highest BCUT2D eigenvalue weighted by atomic mass is 35.5. The highest BCUT2D eigenvalue weighted by molar-refractivity contribution is 6.42. The molecule has 2 heterocycles. The smallest absolute Gasteiger partial charge is 0.410 e. The van der Waals surface area contributed by atoms with Gasteiger partial charge in [0.15, 0.2) is 11.7 Å². The molecule has 0 spiro atoms. The number of halogens is 6. The van der Waals surface area contributed by atoms with E-state index < -0.39 is 24.2 Å². The summed E-state index contributed by atoms with van der Waals surface area (Å²) in [7, 11) is 1.50. The van der Waals surface area contributed by atoms with E-state index >= 15 is 0 Å². The Bertz CT molecular complexity index is 1200. The van der Waals surface area contributed by atoms with Gasteiger partial charge >= 0.3 is 6.18 Å². The summed E-state index contributed by atoms with van der Waals surface area (Å²) in [5.74, 6) is -0.305. The third-order valence-corrected chi connectivity index (χ3v) is 6.30. The molecular weight excluding hydrogens is 504 g/mol. The average molecular weight is 520 g/mol. The number of fused-ring (bicyclic) bond motifs is 1. The Balaban J connectivity index is 1.68. The average Bonchev–Trinajstić information content (AvgIpc) is 3.11. The van der Waals surface area contributed by atoms with Crippen LogP contribution < -0.4 is 15.4 Å². The highest BCUT2D eigenvalue weighted by Gasteiger charge is 2.47. The fourth-order valence-corrected chi connectivity index (χ4v) is 4.12. The number of benzene rings is 2. The van der Waals surface area contributed by atoms with Gasteiger partial charge in [0, 0.05) is 12.1 Å². The minimum Gasteiger partial charge on any atom is -0.497 e. The molecule has 6 nitrogen and oxygen atoms in total. The van der Waals surface area contributed by atoms with Gasteiger partial charge in [-0.3, -0.25) is 4.79 Å². The van der Waals surface area contributed by atoms with E-state index in [1.54, 1.807) is 24.3 Å². The van der Waals surface area contributed by atoms with E-state index in [1.807, 2.05) is 0 Å². The highest BCUT2D eigenvalue weighted by Crippen LogP contribution is 2.46. The number of ether oxygens (including phenoxy) is 1. The maximum Gasteiger partial charge on any atom is 0.410 e. The molecule has 1 amide bonds. The van der Waals surface area contributed by atoms with Gasteiger partial charge in [0.25, 0.3) is 5.91 Å². The lowest BCUT2D eigenvalue weighted by molar-refractivity contribution is -0.173. The normalized spacial score (nSPS) is 17.8. The van der Waals surface area contributed by atoms with Gasteiger partial charge < -0.3 is 15.4 Å². The molecule has 0 bridgehead atoms. The number of nitrogens with one attached hydrogen (secondary N) is 2. The molecule has 4 rings (SSSR count). The van der Waals surface area contributed by atoms with E-state index in [1.165, 1.54) is 25.3 Å². The van der Waals surface area contributed by atoms with Crippen molar-refractivity contribution in [3.63, 3.8) is 0 Å². The van der Waals surface area contributed by atoms with Crippen LogP contribution in [0.3, 0.4) is 0 Å². The molecule has 0 aliphatic carbocycles. The van der Waals surface area contributed by atoms with Gasteiger partial charge in [-0.2, -0.15) is 18.3 Å². The summed E-state index contributed by atoms with van der Waals surface area (Å²) in [4.78, 5) is 12.8. The van der Waals surface area contributed by atoms with E-state index in [4.69, 9.17) is 39.5 Å². The number of amides is 1. The Morgan fingerprint density at radius 3 is 2.45 bits per heavy atom.